The topological polar surface area (TPSA) is 35.5 Å². The van der Waals surface area contributed by atoms with Gasteiger partial charge in [-0.15, -0.1) is 0 Å². The number of hydrogen-bond donors (Lipinski definition) is 0. The van der Waals surface area contributed by atoms with Gasteiger partial charge in [0.25, 0.3) is 0 Å². The number of carbonyl (C=O) groups is 1. The van der Waals surface area contributed by atoms with Crippen molar-refractivity contribution in [3.63, 3.8) is 0 Å². The molecule has 0 radical (unpaired) electrons. The minimum absolute atomic E-state index is 0.126. The van der Waals surface area contributed by atoms with E-state index >= 15 is 0 Å². The van der Waals surface area contributed by atoms with Gasteiger partial charge in [-0.2, -0.15) is 4.39 Å². The highest BCUT2D eigenvalue weighted by Crippen LogP contribution is 2.28. The molecule has 0 amide bonds. The average Bonchev–Trinajstić information content (AvgIpc) is 2.85. The Hall–Kier alpha value is -3.61. The van der Waals surface area contributed by atoms with E-state index in [2.05, 4.69) is 0 Å². The van der Waals surface area contributed by atoms with Crippen LogP contribution in [0.5, 0.6) is 11.5 Å². The molecule has 3 nitrogen and oxygen atoms in total. The molecule has 0 saturated heterocycles. The highest BCUT2D eigenvalue weighted by molar-refractivity contribution is 5.91. The van der Waals surface area contributed by atoms with Crippen molar-refractivity contribution in [1.29, 1.82) is 0 Å². The Morgan fingerprint density at radius 1 is 0.861 bits per heavy atom. The maximum absolute atomic E-state index is 14.7. The van der Waals surface area contributed by atoms with Gasteiger partial charge in [-0.1, -0.05) is 42.8 Å². The lowest BCUT2D eigenvalue weighted by molar-refractivity contribution is 0.0721. The molecule has 0 fully saturated rings. The van der Waals surface area contributed by atoms with Crippen molar-refractivity contribution in [2.45, 2.75) is 46.0 Å². The first-order valence-corrected chi connectivity index (χ1v) is 11.8. The SMILES string of the molecule is CCOc1ccc(C(=O)Oc2ccc(-c3ccc(CCCCC/C=C(\C)F)cc3)cc2F)c(F)c1F. The van der Waals surface area contributed by atoms with Crippen LogP contribution >= 0.6 is 0 Å². The lowest BCUT2D eigenvalue weighted by atomic mass is 10.0. The Bertz CT molecular complexity index is 1220. The summed E-state index contributed by atoms with van der Waals surface area (Å²) in [5.74, 6) is -5.63. The van der Waals surface area contributed by atoms with E-state index in [4.69, 9.17) is 9.47 Å². The van der Waals surface area contributed by atoms with Crippen LogP contribution in [0.15, 0.2) is 66.5 Å². The van der Waals surface area contributed by atoms with E-state index < -0.39 is 34.7 Å². The average molecular weight is 501 g/mol. The molecular weight excluding hydrogens is 472 g/mol. The molecule has 190 valence electrons. The third-order valence-corrected chi connectivity index (χ3v) is 5.58. The summed E-state index contributed by atoms with van der Waals surface area (Å²) >= 11 is 0. The molecule has 0 unspecified atom stereocenters. The second kappa shape index (κ2) is 12.9. The summed E-state index contributed by atoms with van der Waals surface area (Å²) in [6, 6.07) is 13.9. The molecule has 0 N–H and O–H groups in total. The monoisotopic (exact) mass is 500 g/mol. The van der Waals surface area contributed by atoms with E-state index in [9.17, 15) is 22.4 Å². The predicted molar refractivity (Wildman–Crippen MR) is 131 cm³/mol. The molecule has 0 aliphatic rings. The van der Waals surface area contributed by atoms with E-state index in [1.54, 1.807) is 19.1 Å². The second-order valence-electron chi connectivity index (χ2n) is 8.29. The van der Waals surface area contributed by atoms with Crippen molar-refractivity contribution < 1.29 is 31.8 Å². The first kappa shape index (κ1) is 27.0. The minimum Gasteiger partial charge on any atom is -0.491 e. The largest absolute Gasteiger partial charge is 0.491 e. The molecule has 0 bridgehead atoms. The van der Waals surface area contributed by atoms with Crippen molar-refractivity contribution in [3.05, 3.63) is 95.1 Å². The molecule has 3 aromatic carbocycles. The molecule has 36 heavy (non-hydrogen) atoms. The van der Waals surface area contributed by atoms with Gasteiger partial charge >= 0.3 is 5.97 Å². The lowest BCUT2D eigenvalue weighted by Gasteiger charge is -2.10. The van der Waals surface area contributed by atoms with Gasteiger partial charge in [0.1, 0.15) is 0 Å². The normalized spacial score (nSPS) is 11.4. The van der Waals surface area contributed by atoms with Gasteiger partial charge in [0, 0.05) is 0 Å². The fourth-order valence-electron chi connectivity index (χ4n) is 3.69. The number of aryl methyl sites for hydroxylation is 1. The smallest absolute Gasteiger partial charge is 0.346 e. The number of allylic oxidation sites excluding steroid dienone is 2. The number of ether oxygens (including phenoxy) is 2. The number of halogens is 4. The third kappa shape index (κ3) is 7.20. The molecule has 7 heteroatoms. The summed E-state index contributed by atoms with van der Waals surface area (Å²) in [4.78, 5) is 12.3. The van der Waals surface area contributed by atoms with Crippen molar-refractivity contribution >= 4 is 5.97 Å². The van der Waals surface area contributed by atoms with Crippen LogP contribution in [0.25, 0.3) is 11.1 Å². The number of rotatable bonds is 11. The van der Waals surface area contributed by atoms with E-state index in [1.807, 2.05) is 24.3 Å². The molecule has 0 aliphatic carbocycles. The lowest BCUT2D eigenvalue weighted by Crippen LogP contribution is -2.13. The van der Waals surface area contributed by atoms with Crippen molar-refractivity contribution in [2.24, 2.45) is 0 Å². The molecule has 3 rings (SSSR count). The van der Waals surface area contributed by atoms with Gasteiger partial charge in [-0.05, 0) is 80.5 Å². The quantitative estimate of drug-likeness (QED) is 0.115. The second-order valence-corrected chi connectivity index (χ2v) is 8.29. The Labute approximate surface area is 208 Å². The first-order chi connectivity index (χ1) is 17.3. The van der Waals surface area contributed by atoms with Crippen LogP contribution in [0.4, 0.5) is 17.6 Å². The number of carbonyl (C=O) groups excluding carboxylic acids is 1. The molecule has 0 heterocycles. The van der Waals surface area contributed by atoms with Crippen LogP contribution in [0.3, 0.4) is 0 Å². The van der Waals surface area contributed by atoms with Crippen molar-refractivity contribution in [3.8, 4) is 22.6 Å². The summed E-state index contributed by atoms with van der Waals surface area (Å²) in [6.45, 7) is 3.18. The highest BCUT2D eigenvalue weighted by Gasteiger charge is 2.22. The molecule has 0 spiro atoms. The van der Waals surface area contributed by atoms with E-state index in [0.717, 1.165) is 55.4 Å². The van der Waals surface area contributed by atoms with Gasteiger partial charge in [0.05, 0.1) is 18.0 Å². The van der Waals surface area contributed by atoms with Crippen LogP contribution in [0, 0.1) is 17.5 Å². The third-order valence-electron chi connectivity index (χ3n) is 5.58. The fraction of sp³-hybridized carbons (Fsp3) is 0.276. The predicted octanol–water partition coefficient (Wildman–Crippen LogP) is 8.37. The first-order valence-electron chi connectivity index (χ1n) is 11.8. The molecule has 0 aromatic heterocycles. The van der Waals surface area contributed by atoms with Gasteiger partial charge < -0.3 is 9.47 Å². The zero-order valence-corrected chi connectivity index (χ0v) is 20.3. The highest BCUT2D eigenvalue weighted by atomic mass is 19.2. The van der Waals surface area contributed by atoms with Crippen LogP contribution in [0.2, 0.25) is 0 Å². The Kier molecular flexibility index (Phi) is 9.68. The van der Waals surface area contributed by atoms with Crippen LogP contribution in [-0.4, -0.2) is 12.6 Å². The van der Waals surface area contributed by atoms with Crippen LogP contribution < -0.4 is 9.47 Å². The molecular formula is C29H28F4O3. The van der Waals surface area contributed by atoms with E-state index in [1.165, 1.54) is 19.1 Å². The fourth-order valence-corrected chi connectivity index (χ4v) is 3.69. The standard InChI is InChI=1S/C29H28F4O3/c1-3-35-26-17-15-23(27(32)28(26)33)29(34)36-25-16-14-22(18-24(25)31)21-12-10-20(11-13-21)9-7-5-4-6-8-19(2)30/h8,10-18H,3-7,9H2,1-2H3/b19-8+. The summed E-state index contributed by atoms with van der Waals surface area (Å²) in [7, 11) is 0. The Morgan fingerprint density at radius 2 is 1.56 bits per heavy atom. The van der Waals surface area contributed by atoms with Crippen LogP contribution in [-0.2, 0) is 6.42 Å². The minimum atomic E-state index is -1.42. The summed E-state index contributed by atoms with van der Waals surface area (Å²) in [5.41, 5.74) is 1.83. The maximum atomic E-state index is 14.7. The van der Waals surface area contributed by atoms with Crippen molar-refractivity contribution in [1.82, 2.24) is 0 Å². The van der Waals surface area contributed by atoms with Crippen LogP contribution in [0.1, 0.15) is 55.5 Å². The summed E-state index contributed by atoms with van der Waals surface area (Å²) < 4.78 is 65.6. The molecule has 0 aliphatic heterocycles. The molecule has 3 aromatic rings. The van der Waals surface area contributed by atoms with E-state index in [0.29, 0.717) is 5.56 Å². The number of esters is 1. The molecule has 0 atom stereocenters. The summed E-state index contributed by atoms with van der Waals surface area (Å²) in [6.07, 6.45) is 6.17. The van der Waals surface area contributed by atoms with Gasteiger partial charge in [0.2, 0.25) is 5.82 Å². The zero-order valence-electron chi connectivity index (χ0n) is 20.3. The number of hydrogen-bond acceptors (Lipinski definition) is 3. The van der Waals surface area contributed by atoms with Crippen molar-refractivity contribution in [2.75, 3.05) is 6.61 Å². The maximum Gasteiger partial charge on any atom is 0.346 e. The van der Waals surface area contributed by atoms with Gasteiger partial charge in [-0.3, -0.25) is 0 Å². The zero-order chi connectivity index (χ0) is 26.1. The summed E-state index contributed by atoms with van der Waals surface area (Å²) in [5, 5.41) is 0. The number of benzene rings is 3. The number of unbranched alkanes of at least 4 members (excludes halogenated alkanes) is 3. The van der Waals surface area contributed by atoms with Gasteiger partial charge in [0.15, 0.2) is 23.1 Å². The Morgan fingerprint density at radius 3 is 2.22 bits per heavy atom. The Balaban J connectivity index is 1.61. The molecule has 0 saturated carbocycles. The van der Waals surface area contributed by atoms with Gasteiger partial charge in [-0.25, -0.2) is 18.0 Å². The van der Waals surface area contributed by atoms with E-state index in [-0.39, 0.29) is 18.2 Å².